The van der Waals surface area contributed by atoms with E-state index in [1.165, 1.54) is 11.1 Å². The van der Waals surface area contributed by atoms with Crippen LogP contribution >= 0.6 is 11.8 Å². The van der Waals surface area contributed by atoms with Gasteiger partial charge in [-0.15, -0.1) is 11.8 Å². The van der Waals surface area contributed by atoms with Crippen LogP contribution in [-0.4, -0.2) is 53.2 Å². The molecule has 2 aliphatic heterocycles. The van der Waals surface area contributed by atoms with Crippen molar-refractivity contribution < 1.29 is 9.53 Å². The molecule has 0 radical (unpaired) electrons. The molecule has 132 valence electrons. The summed E-state index contributed by atoms with van der Waals surface area (Å²) in [5, 5.41) is 0.143. The summed E-state index contributed by atoms with van der Waals surface area (Å²) in [5.74, 6) is 1.85. The first kappa shape index (κ1) is 17.6. The van der Waals surface area contributed by atoms with Crippen LogP contribution in [0, 0.1) is 0 Å². The Kier molecular flexibility index (Phi) is 5.40. The van der Waals surface area contributed by atoms with E-state index in [0.29, 0.717) is 17.8 Å². The van der Waals surface area contributed by atoms with Gasteiger partial charge in [0.15, 0.2) is 0 Å². The van der Waals surface area contributed by atoms with Gasteiger partial charge in [0.2, 0.25) is 5.91 Å². The van der Waals surface area contributed by atoms with Crippen molar-refractivity contribution in [1.82, 2.24) is 9.80 Å². The topological polar surface area (TPSA) is 32.8 Å². The quantitative estimate of drug-likeness (QED) is 0.790. The minimum Gasteiger partial charge on any atom is -0.493 e. The summed E-state index contributed by atoms with van der Waals surface area (Å²) in [5.41, 5.74) is 2.51. The average molecular weight is 349 g/mol. The van der Waals surface area contributed by atoms with Crippen LogP contribution in [0.1, 0.15) is 44.2 Å². The van der Waals surface area contributed by atoms with Gasteiger partial charge < -0.3 is 9.64 Å². The Hall–Kier alpha value is -1.20. The summed E-state index contributed by atoms with van der Waals surface area (Å²) in [6, 6.07) is 7.40. The molecule has 0 aliphatic carbocycles. The number of nitrogens with zero attached hydrogens (tertiary/aromatic N) is 2. The molecule has 0 spiro atoms. The molecule has 1 aromatic rings. The fourth-order valence-electron chi connectivity index (χ4n) is 3.67. The Bertz CT molecular complexity index is 595. The summed E-state index contributed by atoms with van der Waals surface area (Å²) < 4.78 is 5.60. The summed E-state index contributed by atoms with van der Waals surface area (Å²) in [6.07, 6.45) is 0.975. The van der Waals surface area contributed by atoms with Crippen LogP contribution in [0.15, 0.2) is 18.2 Å². The van der Waals surface area contributed by atoms with E-state index in [1.54, 1.807) is 11.8 Å². The van der Waals surface area contributed by atoms with Gasteiger partial charge in [-0.2, -0.15) is 0 Å². The van der Waals surface area contributed by atoms with Crippen molar-refractivity contribution in [3.05, 3.63) is 29.3 Å². The molecule has 2 heterocycles. The van der Waals surface area contributed by atoms with Gasteiger partial charge in [-0.25, -0.2) is 0 Å². The van der Waals surface area contributed by atoms with Crippen LogP contribution in [-0.2, 0) is 11.2 Å². The molecule has 3 rings (SSSR count). The highest BCUT2D eigenvalue weighted by molar-refractivity contribution is 8.00. The van der Waals surface area contributed by atoms with Gasteiger partial charge in [0.25, 0.3) is 0 Å². The molecule has 2 aliphatic rings. The number of thioether (sulfide) groups is 1. The Morgan fingerprint density at radius 2 is 2.04 bits per heavy atom. The second-order valence-corrected chi connectivity index (χ2v) is 8.21. The van der Waals surface area contributed by atoms with Crippen molar-refractivity contribution in [3.8, 4) is 5.75 Å². The molecule has 24 heavy (non-hydrogen) atoms. The molecule has 1 saturated heterocycles. The summed E-state index contributed by atoms with van der Waals surface area (Å²) in [6.45, 7) is 11.4. The van der Waals surface area contributed by atoms with Crippen molar-refractivity contribution in [3.63, 3.8) is 0 Å². The molecule has 1 aromatic carbocycles. The lowest BCUT2D eigenvalue weighted by Crippen LogP contribution is -2.43. The van der Waals surface area contributed by atoms with E-state index in [0.717, 1.165) is 31.9 Å². The lowest BCUT2D eigenvalue weighted by molar-refractivity contribution is -0.128. The van der Waals surface area contributed by atoms with Gasteiger partial charge in [-0.3, -0.25) is 9.69 Å². The van der Waals surface area contributed by atoms with Crippen LogP contribution in [0.4, 0.5) is 0 Å². The van der Waals surface area contributed by atoms with Crippen molar-refractivity contribution in [2.45, 2.75) is 51.6 Å². The Labute approximate surface area is 149 Å². The maximum atomic E-state index is 12.4. The number of benzene rings is 1. The third-order valence-corrected chi connectivity index (χ3v) is 6.15. The van der Waals surface area contributed by atoms with Crippen LogP contribution < -0.4 is 4.74 Å². The molecular formula is C19H28N2O2S. The molecule has 0 saturated carbocycles. The molecule has 0 N–H and O–H groups in total. The molecule has 0 bridgehead atoms. The van der Waals surface area contributed by atoms with Gasteiger partial charge in [0.1, 0.15) is 11.1 Å². The maximum Gasteiger partial charge on any atom is 0.233 e. The average Bonchev–Trinajstić information content (AvgIpc) is 3.13. The second kappa shape index (κ2) is 7.36. The standard InChI is InChI=1S/C19H28N2O2S/c1-13(2)20(14(3)4)8-9-21-18(22)12-24-19(21)16-5-6-17-15(11-16)7-10-23-17/h5-6,11,13-14,19H,7-10,12H2,1-4H3. The summed E-state index contributed by atoms with van der Waals surface area (Å²) in [4.78, 5) is 16.9. The minimum absolute atomic E-state index is 0.143. The summed E-state index contributed by atoms with van der Waals surface area (Å²) in [7, 11) is 0. The number of carbonyl (C=O) groups is 1. The lowest BCUT2D eigenvalue weighted by Gasteiger charge is -2.33. The highest BCUT2D eigenvalue weighted by atomic mass is 32.2. The Balaban J connectivity index is 1.72. The van der Waals surface area contributed by atoms with E-state index in [4.69, 9.17) is 4.74 Å². The van der Waals surface area contributed by atoms with E-state index in [-0.39, 0.29) is 11.3 Å². The van der Waals surface area contributed by atoms with Crippen LogP contribution in [0.2, 0.25) is 0 Å². The fourth-order valence-corrected chi connectivity index (χ4v) is 4.88. The first-order valence-electron chi connectivity index (χ1n) is 8.90. The van der Waals surface area contributed by atoms with Gasteiger partial charge in [-0.1, -0.05) is 6.07 Å². The number of carbonyl (C=O) groups excluding carboxylic acids is 1. The predicted molar refractivity (Wildman–Crippen MR) is 99.5 cm³/mol. The zero-order valence-corrected chi connectivity index (χ0v) is 15.9. The monoisotopic (exact) mass is 348 g/mol. The zero-order valence-electron chi connectivity index (χ0n) is 15.1. The smallest absolute Gasteiger partial charge is 0.233 e. The molecular weight excluding hydrogens is 320 g/mol. The third-order valence-electron chi connectivity index (χ3n) is 4.89. The van der Waals surface area contributed by atoms with E-state index >= 15 is 0 Å². The second-order valence-electron chi connectivity index (χ2n) is 7.14. The summed E-state index contributed by atoms with van der Waals surface area (Å²) >= 11 is 1.74. The Morgan fingerprint density at radius 1 is 1.29 bits per heavy atom. The maximum absolute atomic E-state index is 12.4. The van der Waals surface area contributed by atoms with Gasteiger partial charge in [-0.05, 0) is 51.0 Å². The molecule has 1 atom stereocenters. The third kappa shape index (κ3) is 3.57. The first-order valence-corrected chi connectivity index (χ1v) is 9.94. The molecule has 1 unspecified atom stereocenters. The molecule has 5 heteroatoms. The largest absolute Gasteiger partial charge is 0.493 e. The van der Waals surface area contributed by atoms with Crippen LogP contribution in [0.25, 0.3) is 0 Å². The number of hydrogen-bond donors (Lipinski definition) is 0. The van der Waals surface area contributed by atoms with Gasteiger partial charge >= 0.3 is 0 Å². The van der Waals surface area contributed by atoms with Crippen molar-refractivity contribution >= 4 is 17.7 Å². The van der Waals surface area contributed by atoms with Crippen LogP contribution in [0.3, 0.4) is 0 Å². The number of rotatable bonds is 6. The highest BCUT2D eigenvalue weighted by Gasteiger charge is 2.33. The van der Waals surface area contributed by atoms with E-state index in [1.807, 2.05) is 0 Å². The zero-order chi connectivity index (χ0) is 17.3. The van der Waals surface area contributed by atoms with E-state index in [9.17, 15) is 4.79 Å². The predicted octanol–water partition coefficient (Wildman–Crippen LogP) is 3.31. The number of fused-ring (bicyclic) bond motifs is 1. The normalized spacial score (nSPS) is 20.4. The SMILES string of the molecule is CC(C)N(CCN1C(=O)CSC1c1ccc2c(c1)CCO2)C(C)C. The molecule has 4 nitrogen and oxygen atoms in total. The van der Waals surface area contributed by atoms with Crippen molar-refractivity contribution in [1.29, 1.82) is 0 Å². The first-order chi connectivity index (χ1) is 11.5. The van der Waals surface area contributed by atoms with E-state index < -0.39 is 0 Å². The number of ether oxygens (including phenoxy) is 1. The molecule has 1 amide bonds. The molecule has 1 fully saturated rings. The number of hydrogen-bond acceptors (Lipinski definition) is 4. The fraction of sp³-hybridized carbons (Fsp3) is 0.632. The van der Waals surface area contributed by atoms with Crippen molar-refractivity contribution in [2.24, 2.45) is 0 Å². The van der Waals surface area contributed by atoms with Crippen LogP contribution in [0.5, 0.6) is 5.75 Å². The number of amides is 1. The van der Waals surface area contributed by atoms with E-state index in [2.05, 4.69) is 55.7 Å². The highest BCUT2D eigenvalue weighted by Crippen LogP contribution is 2.40. The van der Waals surface area contributed by atoms with Gasteiger partial charge in [0, 0.05) is 31.6 Å². The molecule has 0 aromatic heterocycles. The lowest BCUT2D eigenvalue weighted by atomic mass is 10.1. The minimum atomic E-state index is 0.143. The Morgan fingerprint density at radius 3 is 2.75 bits per heavy atom. The van der Waals surface area contributed by atoms with Gasteiger partial charge in [0.05, 0.1) is 12.4 Å². The van der Waals surface area contributed by atoms with Crippen molar-refractivity contribution in [2.75, 3.05) is 25.4 Å².